The van der Waals surface area contributed by atoms with E-state index in [2.05, 4.69) is 31.1 Å². The van der Waals surface area contributed by atoms with Crippen molar-refractivity contribution in [2.24, 2.45) is 4.99 Å². The molecule has 1 atom stereocenters. The summed E-state index contributed by atoms with van der Waals surface area (Å²) >= 11 is 3.55. The van der Waals surface area contributed by atoms with E-state index in [1.807, 2.05) is 19.1 Å². The molecule has 6 nitrogen and oxygen atoms in total. The Balaban J connectivity index is 2.18. The van der Waals surface area contributed by atoms with Gasteiger partial charge in [-0.25, -0.2) is 4.99 Å². The van der Waals surface area contributed by atoms with Crippen molar-refractivity contribution in [2.75, 3.05) is 33.9 Å². The Morgan fingerprint density at radius 3 is 2.65 bits per heavy atom. The molecule has 7 heteroatoms. The number of hydrogen-bond donors (Lipinski definition) is 2. The number of β-amino-alcohol motifs (C(OH)–C–C–N with tert-alkyl or cyclic N) is 1. The zero-order valence-corrected chi connectivity index (χ0v) is 15.4. The molecule has 1 saturated heterocycles. The van der Waals surface area contributed by atoms with Gasteiger partial charge in [0.05, 0.1) is 26.9 Å². The minimum Gasteiger partial charge on any atom is -0.493 e. The molecule has 1 heterocycles. The van der Waals surface area contributed by atoms with E-state index < -0.39 is 0 Å². The number of likely N-dealkylation sites (tertiary alicyclic amines) is 1. The van der Waals surface area contributed by atoms with Gasteiger partial charge in [-0.3, -0.25) is 0 Å². The summed E-state index contributed by atoms with van der Waals surface area (Å²) in [7, 11) is 3.23. The summed E-state index contributed by atoms with van der Waals surface area (Å²) < 4.78 is 11.6. The number of nitrogens with zero attached hydrogens (tertiary/aromatic N) is 2. The summed E-state index contributed by atoms with van der Waals surface area (Å²) in [5, 5.41) is 13.0. The fraction of sp³-hybridized carbons (Fsp3) is 0.562. The summed E-state index contributed by atoms with van der Waals surface area (Å²) in [6.07, 6.45) is 0.511. The van der Waals surface area contributed by atoms with E-state index in [-0.39, 0.29) is 6.10 Å². The summed E-state index contributed by atoms with van der Waals surface area (Å²) in [5.41, 5.74) is 1.01. The first-order valence-corrected chi connectivity index (χ1v) is 8.50. The molecule has 0 spiro atoms. The van der Waals surface area contributed by atoms with Crippen molar-refractivity contribution in [3.63, 3.8) is 0 Å². The molecule has 1 aliphatic rings. The molecule has 2 N–H and O–H groups in total. The number of rotatable bonds is 5. The Morgan fingerprint density at radius 2 is 2.09 bits per heavy atom. The zero-order chi connectivity index (χ0) is 16.8. The molecule has 128 valence electrons. The van der Waals surface area contributed by atoms with Gasteiger partial charge in [-0.1, -0.05) is 15.9 Å². The number of aliphatic hydroxyl groups excluding tert-OH is 1. The smallest absolute Gasteiger partial charge is 0.194 e. The van der Waals surface area contributed by atoms with Crippen LogP contribution >= 0.6 is 15.9 Å². The Morgan fingerprint density at radius 1 is 1.39 bits per heavy atom. The third-order valence-corrected chi connectivity index (χ3v) is 4.49. The maximum Gasteiger partial charge on any atom is 0.194 e. The molecule has 1 aromatic carbocycles. The Bertz CT molecular complexity index is 566. The first kappa shape index (κ1) is 17.9. The minimum absolute atomic E-state index is 0.272. The molecule has 2 rings (SSSR count). The Kier molecular flexibility index (Phi) is 6.53. The van der Waals surface area contributed by atoms with Gasteiger partial charge in [0.1, 0.15) is 0 Å². The average molecular weight is 386 g/mol. The maximum atomic E-state index is 9.71. The lowest BCUT2D eigenvalue weighted by molar-refractivity contribution is 0.188. The van der Waals surface area contributed by atoms with Crippen molar-refractivity contribution >= 4 is 21.9 Å². The molecule has 0 aliphatic carbocycles. The molecule has 0 saturated carbocycles. The first-order valence-electron chi connectivity index (χ1n) is 7.70. The van der Waals surface area contributed by atoms with Gasteiger partial charge in [-0.05, 0) is 31.0 Å². The number of aliphatic hydroxyl groups is 1. The Hall–Kier alpha value is -1.47. The summed E-state index contributed by atoms with van der Waals surface area (Å²) in [6, 6.07) is 3.81. The lowest BCUT2D eigenvalue weighted by Crippen LogP contribution is -2.40. The van der Waals surface area contributed by atoms with Gasteiger partial charge in [0.2, 0.25) is 0 Å². The number of guanidine groups is 1. The van der Waals surface area contributed by atoms with Crippen molar-refractivity contribution in [3.05, 3.63) is 22.2 Å². The Labute approximate surface area is 145 Å². The number of hydrogen-bond acceptors (Lipinski definition) is 4. The van der Waals surface area contributed by atoms with Crippen LogP contribution in [-0.4, -0.2) is 55.9 Å². The van der Waals surface area contributed by atoms with E-state index in [0.717, 1.165) is 35.5 Å². The van der Waals surface area contributed by atoms with Gasteiger partial charge in [0.15, 0.2) is 17.5 Å². The van der Waals surface area contributed by atoms with Crippen molar-refractivity contribution in [3.8, 4) is 11.5 Å². The van der Waals surface area contributed by atoms with E-state index >= 15 is 0 Å². The molecule has 0 unspecified atom stereocenters. The van der Waals surface area contributed by atoms with E-state index in [9.17, 15) is 5.11 Å². The number of nitrogens with one attached hydrogen (secondary N) is 1. The number of halogens is 1. The molecule has 0 amide bonds. The lowest BCUT2D eigenvalue weighted by atomic mass is 10.2. The normalized spacial score (nSPS) is 18.2. The fourth-order valence-corrected chi connectivity index (χ4v) is 2.99. The second-order valence-corrected chi connectivity index (χ2v) is 6.21. The molecule has 1 aliphatic heterocycles. The third kappa shape index (κ3) is 4.51. The van der Waals surface area contributed by atoms with Crippen LogP contribution in [0, 0.1) is 0 Å². The monoisotopic (exact) mass is 385 g/mol. The van der Waals surface area contributed by atoms with Gasteiger partial charge in [-0.2, -0.15) is 0 Å². The number of aliphatic imine (C=N–C) groups is 1. The standard InChI is InChI=1S/C16H24BrN3O3/c1-4-18-16(20-6-5-12(21)10-20)19-9-11-7-14(22-2)15(23-3)8-13(11)17/h7-8,12,21H,4-6,9-10H2,1-3H3,(H,18,19)/t12-/m1/s1. The summed E-state index contributed by atoms with van der Waals surface area (Å²) in [5.74, 6) is 2.19. The average Bonchev–Trinajstić information content (AvgIpc) is 2.98. The van der Waals surface area contributed by atoms with Crippen LogP contribution in [0.15, 0.2) is 21.6 Å². The largest absolute Gasteiger partial charge is 0.493 e. The topological polar surface area (TPSA) is 66.3 Å². The second kappa shape index (κ2) is 8.40. The quantitative estimate of drug-likeness (QED) is 0.599. The first-order chi connectivity index (χ1) is 11.1. The van der Waals surface area contributed by atoms with Crippen LogP contribution in [0.1, 0.15) is 18.9 Å². The van der Waals surface area contributed by atoms with Crippen LogP contribution in [0.4, 0.5) is 0 Å². The second-order valence-electron chi connectivity index (χ2n) is 5.36. The lowest BCUT2D eigenvalue weighted by Gasteiger charge is -2.21. The summed E-state index contributed by atoms with van der Waals surface area (Å²) in [6.45, 7) is 4.78. The van der Waals surface area contributed by atoms with E-state index in [1.54, 1.807) is 14.2 Å². The van der Waals surface area contributed by atoms with Gasteiger partial charge < -0.3 is 24.8 Å². The SMILES string of the molecule is CCNC(=NCc1cc(OC)c(OC)cc1Br)N1CC[C@@H](O)C1. The van der Waals surface area contributed by atoms with Crippen molar-refractivity contribution in [2.45, 2.75) is 26.0 Å². The van der Waals surface area contributed by atoms with Gasteiger partial charge in [0.25, 0.3) is 0 Å². The fourth-order valence-electron chi connectivity index (χ4n) is 2.54. The van der Waals surface area contributed by atoms with E-state index in [0.29, 0.717) is 24.6 Å². The highest BCUT2D eigenvalue weighted by Gasteiger charge is 2.22. The van der Waals surface area contributed by atoms with Crippen molar-refractivity contribution < 1.29 is 14.6 Å². The molecular weight excluding hydrogens is 362 g/mol. The molecule has 1 fully saturated rings. The highest BCUT2D eigenvalue weighted by atomic mass is 79.9. The highest BCUT2D eigenvalue weighted by molar-refractivity contribution is 9.10. The zero-order valence-electron chi connectivity index (χ0n) is 13.8. The molecule has 0 aromatic heterocycles. The summed E-state index contributed by atoms with van der Waals surface area (Å²) in [4.78, 5) is 6.77. The highest BCUT2D eigenvalue weighted by Crippen LogP contribution is 2.33. The number of ether oxygens (including phenoxy) is 2. The molecule has 23 heavy (non-hydrogen) atoms. The van der Waals surface area contributed by atoms with Crippen LogP contribution in [0.5, 0.6) is 11.5 Å². The number of methoxy groups -OCH3 is 2. The van der Waals surface area contributed by atoms with E-state index in [4.69, 9.17) is 9.47 Å². The van der Waals surface area contributed by atoms with Crippen LogP contribution in [0.3, 0.4) is 0 Å². The molecular formula is C16H24BrN3O3. The maximum absolute atomic E-state index is 9.71. The van der Waals surface area contributed by atoms with Crippen molar-refractivity contribution in [1.82, 2.24) is 10.2 Å². The molecule has 0 radical (unpaired) electrons. The predicted molar refractivity (Wildman–Crippen MR) is 94.3 cm³/mol. The van der Waals surface area contributed by atoms with Crippen molar-refractivity contribution in [1.29, 1.82) is 0 Å². The molecule has 0 bridgehead atoms. The van der Waals surface area contributed by atoms with E-state index in [1.165, 1.54) is 0 Å². The third-order valence-electron chi connectivity index (χ3n) is 3.75. The predicted octanol–water partition coefficient (Wildman–Crippen LogP) is 2.00. The minimum atomic E-state index is -0.272. The molecule has 1 aromatic rings. The van der Waals surface area contributed by atoms with Crippen LogP contribution < -0.4 is 14.8 Å². The van der Waals surface area contributed by atoms with Crippen LogP contribution in [-0.2, 0) is 6.54 Å². The van der Waals surface area contributed by atoms with Crippen LogP contribution in [0.2, 0.25) is 0 Å². The van der Waals surface area contributed by atoms with Gasteiger partial charge in [0, 0.05) is 24.1 Å². The van der Waals surface area contributed by atoms with Crippen LogP contribution in [0.25, 0.3) is 0 Å². The number of benzene rings is 1. The van der Waals surface area contributed by atoms with Gasteiger partial charge in [-0.15, -0.1) is 0 Å². The van der Waals surface area contributed by atoms with Gasteiger partial charge >= 0.3 is 0 Å².